The number of benzene rings is 3. The summed E-state index contributed by atoms with van der Waals surface area (Å²) >= 11 is 0. The Bertz CT molecular complexity index is 1360. The van der Waals surface area contributed by atoms with Crippen LogP contribution in [0.25, 0.3) is 0 Å². The van der Waals surface area contributed by atoms with Gasteiger partial charge in [-0.05, 0) is 67.8 Å². The number of nitrogens with one attached hydrogen (secondary N) is 2. The van der Waals surface area contributed by atoms with Crippen molar-refractivity contribution < 1.29 is 22.7 Å². The summed E-state index contributed by atoms with van der Waals surface area (Å²) in [5.74, 6) is -0.744. The third-order valence-electron chi connectivity index (χ3n) is 5.80. The fourth-order valence-electron chi connectivity index (χ4n) is 3.99. The Labute approximate surface area is 205 Å². The van der Waals surface area contributed by atoms with E-state index in [1.165, 1.54) is 29.6 Å². The molecule has 0 radical (unpaired) electrons. The summed E-state index contributed by atoms with van der Waals surface area (Å²) in [4.78, 5) is 26.0. The van der Waals surface area contributed by atoms with Crippen molar-refractivity contribution in [3.05, 3.63) is 83.4 Å². The van der Waals surface area contributed by atoms with E-state index in [0.717, 1.165) is 18.4 Å². The molecule has 0 bridgehead atoms. The van der Waals surface area contributed by atoms with Gasteiger partial charge >= 0.3 is 0 Å². The zero-order chi connectivity index (χ0) is 25.0. The maximum atomic E-state index is 13.1. The van der Waals surface area contributed by atoms with E-state index in [1.54, 1.807) is 30.3 Å². The quantitative estimate of drug-likeness (QED) is 0.511. The molecular weight excluding hydrogens is 466 g/mol. The summed E-state index contributed by atoms with van der Waals surface area (Å²) in [5, 5.41) is 5.58. The van der Waals surface area contributed by atoms with Crippen LogP contribution in [-0.2, 0) is 10.0 Å². The number of nitrogens with zero attached hydrogens (tertiary/aromatic N) is 1. The molecule has 0 aliphatic carbocycles. The van der Waals surface area contributed by atoms with E-state index >= 15 is 0 Å². The van der Waals surface area contributed by atoms with Gasteiger partial charge in [-0.25, -0.2) is 8.42 Å². The minimum atomic E-state index is -3.81. The van der Waals surface area contributed by atoms with Gasteiger partial charge in [0.1, 0.15) is 10.6 Å². The molecule has 4 rings (SSSR count). The lowest BCUT2D eigenvalue weighted by molar-refractivity contribution is 0.102. The second kappa shape index (κ2) is 10.3. The minimum Gasteiger partial charge on any atom is -0.495 e. The number of carbonyl (C=O) groups is 2. The number of sulfonamides is 1. The predicted molar refractivity (Wildman–Crippen MR) is 135 cm³/mol. The lowest BCUT2D eigenvalue weighted by Gasteiger charge is -2.18. The van der Waals surface area contributed by atoms with E-state index in [-0.39, 0.29) is 27.7 Å². The SMILES string of the molecule is COc1ccc(C(=O)Nc2ccccc2C(=O)Nc2cccc(C)c2)cc1S(=O)(=O)N1CCCC1. The zero-order valence-corrected chi connectivity index (χ0v) is 20.4. The molecule has 35 heavy (non-hydrogen) atoms. The third kappa shape index (κ3) is 5.36. The second-order valence-electron chi connectivity index (χ2n) is 8.30. The Hall–Kier alpha value is -3.69. The van der Waals surface area contributed by atoms with Crippen molar-refractivity contribution in [2.75, 3.05) is 30.8 Å². The summed E-state index contributed by atoms with van der Waals surface area (Å²) in [6.07, 6.45) is 1.59. The average Bonchev–Trinajstić information content (AvgIpc) is 3.40. The van der Waals surface area contributed by atoms with Crippen molar-refractivity contribution in [2.24, 2.45) is 0 Å². The number of hydrogen-bond acceptors (Lipinski definition) is 5. The fraction of sp³-hybridized carbons (Fsp3) is 0.231. The molecule has 8 nitrogen and oxygen atoms in total. The molecule has 182 valence electrons. The lowest BCUT2D eigenvalue weighted by Crippen LogP contribution is -2.28. The molecule has 1 aliphatic heterocycles. The molecule has 3 aromatic carbocycles. The largest absolute Gasteiger partial charge is 0.495 e. The third-order valence-corrected chi connectivity index (χ3v) is 7.72. The van der Waals surface area contributed by atoms with Gasteiger partial charge in [0, 0.05) is 24.3 Å². The number of hydrogen-bond donors (Lipinski definition) is 2. The molecule has 0 saturated carbocycles. The number of carbonyl (C=O) groups excluding carboxylic acids is 2. The molecule has 0 unspecified atom stereocenters. The summed E-state index contributed by atoms with van der Waals surface area (Å²) < 4.78 is 33.0. The molecule has 2 N–H and O–H groups in total. The van der Waals surface area contributed by atoms with Crippen LogP contribution in [0.15, 0.2) is 71.6 Å². The van der Waals surface area contributed by atoms with Gasteiger partial charge in [-0.15, -0.1) is 0 Å². The smallest absolute Gasteiger partial charge is 0.257 e. The Morgan fingerprint density at radius 1 is 0.886 bits per heavy atom. The fourth-order valence-corrected chi connectivity index (χ4v) is 5.69. The predicted octanol–water partition coefficient (Wildman–Crippen LogP) is 4.29. The van der Waals surface area contributed by atoms with Crippen LogP contribution in [0.3, 0.4) is 0 Å². The highest BCUT2D eigenvalue weighted by Gasteiger charge is 2.30. The van der Waals surface area contributed by atoms with Crippen molar-refractivity contribution in [3.63, 3.8) is 0 Å². The first-order valence-electron chi connectivity index (χ1n) is 11.3. The molecule has 0 aromatic heterocycles. The number of rotatable bonds is 7. The highest BCUT2D eigenvalue weighted by molar-refractivity contribution is 7.89. The molecule has 3 aromatic rings. The summed E-state index contributed by atoms with van der Waals surface area (Å²) in [5.41, 5.74) is 2.37. The molecule has 1 aliphatic rings. The van der Waals surface area contributed by atoms with E-state index in [0.29, 0.717) is 24.5 Å². The summed E-state index contributed by atoms with van der Waals surface area (Å²) in [6.45, 7) is 2.80. The summed E-state index contributed by atoms with van der Waals surface area (Å²) in [7, 11) is -2.42. The Kier molecular flexibility index (Phi) is 7.18. The number of amides is 2. The zero-order valence-electron chi connectivity index (χ0n) is 19.6. The molecule has 2 amide bonds. The molecule has 1 heterocycles. The van der Waals surface area contributed by atoms with Crippen LogP contribution in [-0.4, -0.2) is 44.7 Å². The molecular formula is C26H27N3O5S. The van der Waals surface area contributed by atoms with E-state index in [9.17, 15) is 18.0 Å². The highest BCUT2D eigenvalue weighted by atomic mass is 32.2. The average molecular weight is 494 g/mol. The van der Waals surface area contributed by atoms with Gasteiger partial charge in [-0.2, -0.15) is 4.31 Å². The summed E-state index contributed by atoms with van der Waals surface area (Å²) in [6, 6.07) is 18.3. The van der Waals surface area contributed by atoms with Crippen LogP contribution < -0.4 is 15.4 Å². The number of methoxy groups -OCH3 is 1. The van der Waals surface area contributed by atoms with Gasteiger partial charge in [0.25, 0.3) is 11.8 Å². The second-order valence-corrected chi connectivity index (χ2v) is 10.2. The van der Waals surface area contributed by atoms with Gasteiger partial charge in [0.05, 0.1) is 18.4 Å². The maximum Gasteiger partial charge on any atom is 0.257 e. The van der Waals surface area contributed by atoms with Crippen molar-refractivity contribution in [2.45, 2.75) is 24.7 Å². The Morgan fingerprint density at radius 2 is 1.63 bits per heavy atom. The van der Waals surface area contributed by atoms with E-state index in [1.807, 2.05) is 25.1 Å². The van der Waals surface area contributed by atoms with Gasteiger partial charge in [0.15, 0.2) is 0 Å². The first-order chi connectivity index (χ1) is 16.8. The lowest BCUT2D eigenvalue weighted by atomic mass is 10.1. The van der Waals surface area contributed by atoms with Crippen molar-refractivity contribution in [1.82, 2.24) is 4.31 Å². The van der Waals surface area contributed by atoms with E-state index < -0.39 is 15.9 Å². The van der Waals surface area contributed by atoms with Crippen LogP contribution in [0, 0.1) is 6.92 Å². The topological polar surface area (TPSA) is 105 Å². The Balaban J connectivity index is 1.59. The monoisotopic (exact) mass is 493 g/mol. The number of para-hydroxylation sites is 1. The van der Waals surface area contributed by atoms with Crippen LogP contribution in [0.5, 0.6) is 5.75 Å². The van der Waals surface area contributed by atoms with Crippen LogP contribution in [0.2, 0.25) is 0 Å². The molecule has 0 atom stereocenters. The number of ether oxygens (including phenoxy) is 1. The van der Waals surface area contributed by atoms with Crippen LogP contribution in [0.1, 0.15) is 39.1 Å². The number of aryl methyl sites for hydroxylation is 1. The standard InChI is InChI=1S/C26H27N3O5S/c1-18-8-7-9-20(16-18)27-26(31)21-10-3-4-11-22(21)28-25(30)19-12-13-23(34-2)24(17-19)35(32,33)29-14-5-6-15-29/h3-4,7-13,16-17H,5-6,14-15H2,1-2H3,(H,27,31)(H,28,30). The van der Waals surface area contributed by atoms with Crippen molar-refractivity contribution in [1.29, 1.82) is 0 Å². The van der Waals surface area contributed by atoms with E-state index in [4.69, 9.17) is 4.74 Å². The minimum absolute atomic E-state index is 0.0555. The normalized spacial score (nSPS) is 13.9. The first-order valence-corrected chi connectivity index (χ1v) is 12.7. The molecule has 1 saturated heterocycles. The van der Waals surface area contributed by atoms with E-state index in [2.05, 4.69) is 10.6 Å². The van der Waals surface area contributed by atoms with Gasteiger partial charge in [0.2, 0.25) is 10.0 Å². The van der Waals surface area contributed by atoms with Gasteiger partial charge < -0.3 is 15.4 Å². The highest BCUT2D eigenvalue weighted by Crippen LogP contribution is 2.30. The first kappa shape index (κ1) is 24.4. The Morgan fingerprint density at radius 3 is 2.34 bits per heavy atom. The van der Waals surface area contributed by atoms with Crippen molar-refractivity contribution in [3.8, 4) is 5.75 Å². The van der Waals surface area contributed by atoms with Crippen LogP contribution in [0.4, 0.5) is 11.4 Å². The van der Waals surface area contributed by atoms with Gasteiger partial charge in [-0.3, -0.25) is 9.59 Å². The molecule has 9 heteroatoms. The van der Waals surface area contributed by atoms with Crippen LogP contribution >= 0.6 is 0 Å². The molecule has 0 spiro atoms. The van der Waals surface area contributed by atoms with Crippen molar-refractivity contribution >= 4 is 33.2 Å². The molecule has 1 fully saturated rings. The van der Waals surface area contributed by atoms with Gasteiger partial charge in [-0.1, -0.05) is 24.3 Å². The maximum absolute atomic E-state index is 13.1. The number of anilines is 2.